The number of carbonyl (C=O) groups is 1. The lowest BCUT2D eigenvalue weighted by molar-refractivity contribution is -0.124. The van der Waals surface area contributed by atoms with E-state index in [1.165, 1.54) is 11.6 Å². The van der Waals surface area contributed by atoms with Crippen molar-refractivity contribution in [1.82, 2.24) is 15.0 Å². The molecule has 1 amide bonds. The summed E-state index contributed by atoms with van der Waals surface area (Å²) in [5, 5.41) is 8.56. The van der Waals surface area contributed by atoms with Gasteiger partial charge >= 0.3 is 0 Å². The van der Waals surface area contributed by atoms with E-state index in [0.29, 0.717) is 6.54 Å². The molecule has 0 aliphatic rings. The summed E-state index contributed by atoms with van der Waals surface area (Å²) in [5.41, 5.74) is 5.62. The Morgan fingerprint density at radius 1 is 1.19 bits per heavy atom. The maximum atomic E-state index is 11.1. The Morgan fingerprint density at radius 3 is 2.73 bits per heavy atom. The van der Waals surface area contributed by atoms with Gasteiger partial charge in [-0.3, -0.25) is 10.0 Å². The topological polar surface area (TPSA) is 67.2 Å². The van der Waals surface area contributed by atoms with E-state index in [1.54, 1.807) is 11.6 Å². The van der Waals surface area contributed by atoms with E-state index >= 15 is 0 Å². The highest BCUT2D eigenvalue weighted by molar-refractivity contribution is 5.91. The largest absolute Gasteiger partial charge is 0.324 e. The zero-order valence-electron chi connectivity index (χ0n) is 14.4. The summed E-state index contributed by atoms with van der Waals surface area (Å²) in [5.74, 6) is 0.448. The maximum Gasteiger partial charge on any atom is 0.267 e. The number of hydrogen-bond acceptors (Lipinski definition) is 3. The van der Waals surface area contributed by atoms with Crippen LogP contribution in [0.25, 0.3) is 17.1 Å². The number of amides is 1. The van der Waals surface area contributed by atoms with Gasteiger partial charge in [-0.05, 0) is 35.8 Å². The van der Waals surface area contributed by atoms with E-state index in [9.17, 15) is 4.79 Å². The van der Waals surface area contributed by atoms with E-state index in [0.717, 1.165) is 35.3 Å². The minimum atomic E-state index is -0.564. The average molecular weight is 347 g/mol. The highest BCUT2D eigenvalue weighted by atomic mass is 16.5. The van der Waals surface area contributed by atoms with Gasteiger partial charge in [-0.1, -0.05) is 42.5 Å². The van der Waals surface area contributed by atoms with Crippen molar-refractivity contribution >= 4 is 23.0 Å². The molecule has 0 saturated heterocycles. The van der Waals surface area contributed by atoms with Crippen LogP contribution in [0.1, 0.15) is 17.0 Å². The van der Waals surface area contributed by atoms with Gasteiger partial charge in [-0.25, -0.2) is 10.5 Å². The number of hydroxylamine groups is 1. The van der Waals surface area contributed by atoms with Crippen molar-refractivity contribution in [2.24, 2.45) is 0 Å². The van der Waals surface area contributed by atoms with Crippen LogP contribution in [0.4, 0.5) is 0 Å². The number of allylic oxidation sites excluding steroid dienone is 1. The second-order valence-electron chi connectivity index (χ2n) is 5.97. The number of nitrogens with zero attached hydrogens (tertiary/aromatic N) is 2. The van der Waals surface area contributed by atoms with Gasteiger partial charge in [0.1, 0.15) is 5.82 Å². The molecule has 0 aliphatic carbocycles. The van der Waals surface area contributed by atoms with Gasteiger partial charge in [0, 0.05) is 19.0 Å². The number of hydrogen-bond donors (Lipinski definition) is 2. The predicted molar refractivity (Wildman–Crippen MR) is 103 cm³/mol. The van der Waals surface area contributed by atoms with E-state index in [1.807, 2.05) is 42.5 Å². The number of nitrogens with one attached hydrogen (secondary N) is 1. The summed E-state index contributed by atoms with van der Waals surface area (Å²) < 4.78 is 2.17. The minimum Gasteiger partial charge on any atom is -0.324 e. The molecule has 0 fully saturated rings. The summed E-state index contributed by atoms with van der Waals surface area (Å²) in [6.07, 6.45) is 6.54. The van der Waals surface area contributed by atoms with Crippen LogP contribution in [0.3, 0.4) is 0 Å². The lowest BCUT2D eigenvalue weighted by Crippen LogP contribution is -2.14. The van der Waals surface area contributed by atoms with E-state index in [4.69, 9.17) is 10.2 Å². The standard InChI is InChI=1S/C21H21N3O2/c1-2-14-24-19-11-8-17(10-13-21(25)23-26)15-18(19)22-20(24)12-9-16-6-4-3-5-7-16/h2-8,10-11,13,15,26H,1,9,12,14H2,(H,23,25). The molecule has 1 heterocycles. The third kappa shape index (κ3) is 4.07. The van der Waals surface area contributed by atoms with Gasteiger partial charge in [0.15, 0.2) is 0 Å². The van der Waals surface area contributed by atoms with Crippen molar-refractivity contribution in [3.8, 4) is 0 Å². The fraction of sp³-hybridized carbons (Fsp3) is 0.143. The average Bonchev–Trinajstić information content (AvgIpc) is 3.02. The number of benzene rings is 2. The van der Waals surface area contributed by atoms with Crippen LogP contribution in [0.2, 0.25) is 0 Å². The minimum absolute atomic E-state index is 0.564. The molecule has 2 aromatic carbocycles. The molecule has 2 N–H and O–H groups in total. The van der Waals surface area contributed by atoms with Gasteiger partial charge in [-0.15, -0.1) is 6.58 Å². The first-order valence-corrected chi connectivity index (χ1v) is 8.47. The van der Waals surface area contributed by atoms with Crippen molar-refractivity contribution in [2.45, 2.75) is 19.4 Å². The van der Waals surface area contributed by atoms with Crippen LogP contribution in [0, 0.1) is 0 Å². The number of carbonyl (C=O) groups excluding carboxylic acids is 1. The molecule has 0 aliphatic heterocycles. The van der Waals surface area contributed by atoms with Crippen LogP contribution in [0.15, 0.2) is 67.3 Å². The third-order valence-corrected chi connectivity index (χ3v) is 4.18. The van der Waals surface area contributed by atoms with Crippen LogP contribution in [0.5, 0.6) is 0 Å². The molecule has 0 radical (unpaired) electrons. The first-order valence-electron chi connectivity index (χ1n) is 8.47. The Kier molecular flexibility index (Phi) is 5.61. The fourth-order valence-corrected chi connectivity index (χ4v) is 2.93. The Labute approximate surface area is 152 Å². The Balaban J connectivity index is 1.89. The molecular weight excluding hydrogens is 326 g/mol. The fourth-order valence-electron chi connectivity index (χ4n) is 2.93. The number of aromatic nitrogens is 2. The van der Waals surface area contributed by atoms with Gasteiger partial charge in [0.05, 0.1) is 11.0 Å². The molecule has 132 valence electrons. The van der Waals surface area contributed by atoms with Crippen molar-refractivity contribution in [2.75, 3.05) is 0 Å². The van der Waals surface area contributed by atoms with E-state index in [-0.39, 0.29) is 0 Å². The second kappa shape index (κ2) is 8.27. The van der Waals surface area contributed by atoms with Crippen LogP contribution >= 0.6 is 0 Å². The van der Waals surface area contributed by atoms with Gasteiger partial charge < -0.3 is 4.57 Å². The summed E-state index contributed by atoms with van der Waals surface area (Å²) in [7, 11) is 0. The molecule has 0 saturated carbocycles. The van der Waals surface area contributed by atoms with Crippen LogP contribution < -0.4 is 5.48 Å². The lowest BCUT2D eigenvalue weighted by Gasteiger charge is -2.06. The second-order valence-corrected chi connectivity index (χ2v) is 5.97. The monoisotopic (exact) mass is 347 g/mol. The highest BCUT2D eigenvalue weighted by Crippen LogP contribution is 2.20. The smallest absolute Gasteiger partial charge is 0.267 e. The summed E-state index contributed by atoms with van der Waals surface area (Å²) >= 11 is 0. The van der Waals surface area contributed by atoms with Crippen LogP contribution in [-0.2, 0) is 24.2 Å². The Hall–Kier alpha value is -3.18. The zero-order chi connectivity index (χ0) is 18.4. The molecular formula is C21H21N3O2. The Morgan fingerprint density at radius 2 is 2.00 bits per heavy atom. The Bertz CT molecular complexity index is 943. The number of fused-ring (bicyclic) bond motifs is 1. The molecule has 0 bridgehead atoms. The third-order valence-electron chi connectivity index (χ3n) is 4.18. The maximum absolute atomic E-state index is 11.1. The molecule has 3 aromatic rings. The number of imidazole rings is 1. The van der Waals surface area contributed by atoms with Gasteiger partial charge in [0.2, 0.25) is 0 Å². The quantitative estimate of drug-likeness (QED) is 0.297. The molecule has 1 aromatic heterocycles. The van der Waals surface area contributed by atoms with Crippen molar-refractivity contribution in [3.05, 3.63) is 84.2 Å². The van der Waals surface area contributed by atoms with Crippen LogP contribution in [-0.4, -0.2) is 20.7 Å². The summed E-state index contributed by atoms with van der Waals surface area (Å²) in [6.45, 7) is 4.55. The van der Waals surface area contributed by atoms with Crippen molar-refractivity contribution in [1.29, 1.82) is 0 Å². The molecule has 3 rings (SSSR count). The molecule has 0 spiro atoms. The predicted octanol–water partition coefficient (Wildman–Crippen LogP) is 3.53. The molecule has 0 unspecified atom stereocenters. The molecule has 0 atom stereocenters. The zero-order valence-corrected chi connectivity index (χ0v) is 14.4. The summed E-state index contributed by atoms with van der Waals surface area (Å²) in [4.78, 5) is 15.9. The lowest BCUT2D eigenvalue weighted by atomic mass is 10.1. The normalized spacial score (nSPS) is 11.1. The first-order chi connectivity index (χ1) is 12.7. The van der Waals surface area contributed by atoms with E-state index < -0.39 is 5.91 Å². The van der Waals surface area contributed by atoms with Crippen molar-refractivity contribution in [3.63, 3.8) is 0 Å². The molecule has 5 heteroatoms. The highest BCUT2D eigenvalue weighted by Gasteiger charge is 2.10. The van der Waals surface area contributed by atoms with Gasteiger partial charge in [0.25, 0.3) is 5.91 Å². The van der Waals surface area contributed by atoms with Crippen molar-refractivity contribution < 1.29 is 10.0 Å². The number of aryl methyl sites for hydroxylation is 2. The SMILES string of the molecule is C=CCn1c(CCc2ccccc2)nc2cc(C=CC(=O)NO)ccc21. The number of rotatable bonds is 7. The molecule has 26 heavy (non-hydrogen) atoms. The van der Waals surface area contributed by atoms with Gasteiger partial charge in [-0.2, -0.15) is 0 Å². The van der Waals surface area contributed by atoms with E-state index in [2.05, 4.69) is 23.3 Å². The first kappa shape index (κ1) is 17.6. The molecule has 5 nitrogen and oxygen atoms in total. The summed E-state index contributed by atoms with van der Waals surface area (Å²) in [6, 6.07) is 16.2.